The lowest BCUT2D eigenvalue weighted by Crippen LogP contribution is -2.39. The highest BCUT2D eigenvalue weighted by Crippen LogP contribution is 2.27. The Morgan fingerprint density at radius 1 is 0.926 bits per heavy atom. The lowest BCUT2D eigenvalue weighted by Gasteiger charge is -2.19. The summed E-state index contributed by atoms with van der Waals surface area (Å²) in [6, 6.07) is 21.0. The molecule has 0 bridgehead atoms. The first-order valence-electron chi connectivity index (χ1n) is 9.22. The van der Waals surface area contributed by atoms with Gasteiger partial charge in [-0.25, -0.2) is 8.42 Å². The zero-order valence-corrected chi connectivity index (χ0v) is 16.9. The molecule has 2 N–H and O–H groups in total. The van der Waals surface area contributed by atoms with Crippen molar-refractivity contribution < 1.29 is 8.42 Å². The monoisotopic (exact) mass is 387 g/mol. The van der Waals surface area contributed by atoms with Crippen LogP contribution in [0.1, 0.15) is 29.9 Å². The van der Waals surface area contributed by atoms with Crippen molar-refractivity contribution in [2.24, 2.45) is 4.99 Å². The summed E-state index contributed by atoms with van der Waals surface area (Å²) in [5.41, 5.74) is 2.59. The molecular formula is C21H29N3O2S. The fourth-order valence-corrected chi connectivity index (χ4v) is 3.66. The van der Waals surface area contributed by atoms with Gasteiger partial charge in [0.2, 0.25) is 0 Å². The fourth-order valence-electron chi connectivity index (χ4n) is 2.99. The number of hydrogen-bond acceptors (Lipinski definition) is 3. The van der Waals surface area contributed by atoms with Gasteiger partial charge in [0.15, 0.2) is 5.96 Å². The minimum absolute atomic E-state index is 0.182. The predicted molar refractivity (Wildman–Crippen MR) is 113 cm³/mol. The Bertz CT molecular complexity index is 766. The smallest absolute Gasteiger partial charge is 0.190 e. The van der Waals surface area contributed by atoms with Gasteiger partial charge in [-0.2, -0.15) is 0 Å². The Kier molecular flexibility index (Phi) is 8.33. The molecule has 0 fully saturated rings. The Morgan fingerprint density at radius 3 is 1.93 bits per heavy atom. The summed E-state index contributed by atoms with van der Waals surface area (Å²) in [6.45, 7) is 1.34. The van der Waals surface area contributed by atoms with Crippen LogP contribution in [0.25, 0.3) is 0 Å². The summed E-state index contributed by atoms with van der Waals surface area (Å²) in [5.74, 6) is 1.19. The Balaban J connectivity index is 1.89. The maximum atomic E-state index is 11.2. The second-order valence-electron chi connectivity index (χ2n) is 6.57. The minimum atomic E-state index is -2.92. The molecule has 0 aliphatic carbocycles. The Labute approximate surface area is 162 Å². The van der Waals surface area contributed by atoms with Crippen molar-refractivity contribution in [2.75, 3.05) is 32.1 Å². The summed E-state index contributed by atoms with van der Waals surface area (Å²) in [4.78, 5) is 4.21. The molecule has 0 aliphatic heterocycles. The number of hydrogen-bond donors (Lipinski definition) is 2. The van der Waals surface area contributed by atoms with E-state index >= 15 is 0 Å². The number of benzene rings is 2. The maximum Gasteiger partial charge on any atom is 0.190 e. The van der Waals surface area contributed by atoms with Crippen LogP contribution in [-0.4, -0.2) is 46.5 Å². The lowest BCUT2D eigenvalue weighted by atomic mass is 9.88. The van der Waals surface area contributed by atoms with Crippen LogP contribution in [0.2, 0.25) is 0 Å². The molecule has 2 rings (SSSR count). The molecule has 0 atom stereocenters. The van der Waals surface area contributed by atoms with Crippen molar-refractivity contribution in [3.05, 3.63) is 71.8 Å². The standard InChI is InChI=1S/C21H29N3O2S/c1-22-21(23-15-9-17-27(2,25)26)24-16-14-20(18-10-5-3-6-11-18)19-12-7-4-8-13-19/h3-8,10-13,20H,9,14-17H2,1-2H3,(H2,22,23,24). The van der Waals surface area contributed by atoms with Gasteiger partial charge in [0.25, 0.3) is 0 Å². The van der Waals surface area contributed by atoms with Crippen molar-refractivity contribution in [1.82, 2.24) is 10.6 Å². The summed E-state index contributed by atoms with van der Waals surface area (Å²) in [7, 11) is -1.20. The van der Waals surface area contributed by atoms with Gasteiger partial charge in [0.1, 0.15) is 9.84 Å². The molecule has 0 amide bonds. The molecule has 0 saturated heterocycles. The van der Waals surface area contributed by atoms with Crippen LogP contribution in [0.5, 0.6) is 0 Å². The number of guanidine groups is 1. The van der Waals surface area contributed by atoms with Crippen molar-refractivity contribution in [2.45, 2.75) is 18.8 Å². The van der Waals surface area contributed by atoms with E-state index in [2.05, 4.69) is 64.2 Å². The van der Waals surface area contributed by atoms with Gasteiger partial charge in [0.05, 0.1) is 5.75 Å². The van der Waals surface area contributed by atoms with Crippen LogP contribution in [0.3, 0.4) is 0 Å². The van der Waals surface area contributed by atoms with Gasteiger partial charge in [-0.05, 0) is 24.0 Å². The second-order valence-corrected chi connectivity index (χ2v) is 8.83. The molecule has 5 nitrogen and oxygen atoms in total. The van der Waals surface area contributed by atoms with E-state index in [0.717, 1.165) is 13.0 Å². The summed E-state index contributed by atoms with van der Waals surface area (Å²) < 4.78 is 22.4. The van der Waals surface area contributed by atoms with Gasteiger partial charge in [-0.15, -0.1) is 0 Å². The third-order valence-corrected chi connectivity index (χ3v) is 5.37. The van der Waals surface area contributed by atoms with Gasteiger partial charge >= 0.3 is 0 Å². The molecule has 2 aromatic carbocycles. The quantitative estimate of drug-likeness (QED) is 0.394. The van der Waals surface area contributed by atoms with Crippen molar-refractivity contribution in [1.29, 1.82) is 0 Å². The predicted octanol–water partition coefficient (Wildman–Crippen LogP) is 2.81. The molecule has 6 heteroatoms. The van der Waals surface area contributed by atoms with Crippen LogP contribution in [0.4, 0.5) is 0 Å². The second kappa shape index (κ2) is 10.7. The van der Waals surface area contributed by atoms with E-state index in [4.69, 9.17) is 0 Å². The van der Waals surface area contributed by atoms with Crippen molar-refractivity contribution in [3.63, 3.8) is 0 Å². The highest BCUT2D eigenvalue weighted by Gasteiger charge is 2.13. The SMILES string of the molecule is CN=C(NCCCS(C)(=O)=O)NCCC(c1ccccc1)c1ccccc1. The molecule has 27 heavy (non-hydrogen) atoms. The molecule has 0 unspecified atom stereocenters. The topological polar surface area (TPSA) is 70.6 Å². The molecule has 0 saturated carbocycles. The normalized spacial score (nSPS) is 12.2. The first kappa shape index (κ1) is 21.0. The van der Waals surface area contributed by atoms with E-state index in [9.17, 15) is 8.42 Å². The summed E-state index contributed by atoms with van der Waals surface area (Å²) in [6.07, 6.45) is 2.75. The van der Waals surface area contributed by atoms with Gasteiger partial charge in [0, 0.05) is 32.3 Å². The Morgan fingerprint density at radius 2 is 1.44 bits per heavy atom. The number of rotatable bonds is 9. The molecule has 0 aromatic heterocycles. The molecule has 0 heterocycles. The van der Waals surface area contributed by atoms with Crippen LogP contribution in [0, 0.1) is 0 Å². The average Bonchev–Trinajstić information content (AvgIpc) is 2.67. The number of sulfone groups is 1. The molecule has 146 valence electrons. The van der Waals surface area contributed by atoms with E-state index in [0.29, 0.717) is 24.8 Å². The van der Waals surface area contributed by atoms with Crippen molar-refractivity contribution in [3.8, 4) is 0 Å². The minimum Gasteiger partial charge on any atom is -0.356 e. The highest BCUT2D eigenvalue weighted by molar-refractivity contribution is 7.90. The zero-order valence-electron chi connectivity index (χ0n) is 16.1. The van der Waals surface area contributed by atoms with E-state index in [1.54, 1.807) is 7.05 Å². The van der Waals surface area contributed by atoms with Crippen LogP contribution >= 0.6 is 0 Å². The highest BCUT2D eigenvalue weighted by atomic mass is 32.2. The number of aliphatic imine (C=N–C) groups is 1. The summed E-state index contributed by atoms with van der Waals surface area (Å²) >= 11 is 0. The summed E-state index contributed by atoms with van der Waals surface area (Å²) in [5, 5.41) is 6.50. The number of nitrogens with one attached hydrogen (secondary N) is 2. The molecule has 0 aliphatic rings. The molecule has 0 spiro atoms. The van der Waals surface area contributed by atoms with E-state index in [-0.39, 0.29) is 5.75 Å². The van der Waals surface area contributed by atoms with Gasteiger partial charge < -0.3 is 10.6 Å². The molecule has 2 aromatic rings. The van der Waals surface area contributed by atoms with Gasteiger partial charge in [-0.3, -0.25) is 4.99 Å². The third-order valence-electron chi connectivity index (χ3n) is 4.34. The maximum absolute atomic E-state index is 11.2. The van der Waals surface area contributed by atoms with E-state index < -0.39 is 9.84 Å². The fraction of sp³-hybridized carbons (Fsp3) is 0.381. The Hall–Kier alpha value is -2.34. The van der Waals surface area contributed by atoms with E-state index in [1.807, 2.05) is 12.1 Å². The zero-order chi connectivity index (χ0) is 19.5. The van der Waals surface area contributed by atoms with Crippen LogP contribution in [-0.2, 0) is 9.84 Å². The third kappa shape index (κ3) is 7.83. The molecule has 0 radical (unpaired) electrons. The lowest BCUT2D eigenvalue weighted by molar-refractivity contribution is 0.598. The largest absolute Gasteiger partial charge is 0.356 e. The average molecular weight is 388 g/mol. The first-order valence-corrected chi connectivity index (χ1v) is 11.3. The number of nitrogens with zero attached hydrogens (tertiary/aromatic N) is 1. The first-order chi connectivity index (χ1) is 13.0. The van der Waals surface area contributed by atoms with E-state index in [1.165, 1.54) is 17.4 Å². The molecular weight excluding hydrogens is 358 g/mol. The van der Waals surface area contributed by atoms with Gasteiger partial charge in [-0.1, -0.05) is 60.7 Å². The van der Waals surface area contributed by atoms with Crippen LogP contribution < -0.4 is 10.6 Å². The van der Waals surface area contributed by atoms with Crippen LogP contribution in [0.15, 0.2) is 65.7 Å². The van der Waals surface area contributed by atoms with Crippen molar-refractivity contribution >= 4 is 15.8 Å².